The maximum Gasteiger partial charge on any atom is 0.426 e. The van der Waals surface area contributed by atoms with Gasteiger partial charge in [0, 0.05) is 89.1 Å². The summed E-state index contributed by atoms with van der Waals surface area (Å²) in [5.74, 6) is -0.0421. The molecule has 0 spiro atoms. The van der Waals surface area contributed by atoms with Gasteiger partial charge in [0.25, 0.3) is 0 Å². The molecule has 3 saturated heterocycles. The summed E-state index contributed by atoms with van der Waals surface area (Å²) in [5.41, 5.74) is 5.67. The minimum absolute atomic E-state index is 0.0421. The number of benzene rings is 2. The average molecular weight is 702 g/mol. The maximum atomic E-state index is 14.1. The Bertz CT molecular complexity index is 1490. The Labute approximate surface area is 304 Å². The van der Waals surface area contributed by atoms with Gasteiger partial charge in [0.05, 0.1) is 0 Å². The summed E-state index contributed by atoms with van der Waals surface area (Å²) in [6.45, 7) is 16.3. The second kappa shape index (κ2) is 17.2. The number of likely N-dealkylation sites (tertiary alicyclic amines) is 1. The van der Waals surface area contributed by atoms with Crippen LogP contribution in [0.2, 0.25) is 0 Å². The van der Waals surface area contributed by atoms with Crippen molar-refractivity contribution < 1.29 is 19.2 Å². The third kappa shape index (κ3) is 9.23. The number of carbonyl (C=O) groups excluding carboxylic acids is 3. The summed E-state index contributed by atoms with van der Waals surface area (Å²) < 4.78 is 0. The second-order valence-corrected chi connectivity index (χ2v) is 15.0. The van der Waals surface area contributed by atoms with Gasteiger partial charge in [-0.1, -0.05) is 50.2 Å². The smallest absolute Gasteiger partial charge is 0.351 e. The molecule has 0 saturated carbocycles. The van der Waals surface area contributed by atoms with Gasteiger partial charge in [-0.15, -0.1) is 5.06 Å². The number of nitrogens with zero attached hydrogens (tertiary/aromatic N) is 5. The lowest BCUT2D eigenvalue weighted by atomic mass is 9.95. The molecule has 4 aliphatic heterocycles. The predicted molar refractivity (Wildman–Crippen MR) is 201 cm³/mol. The zero-order valence-electron chi connectivity index (χ0n) is 31.2. The van der Waals surface area contributed by atoms with Crippen LogP contribution in [-0.2, 0) is 35.3 Å². The first-order valence-electron chi connectivity index (χ1n) is 19.5. The van der Waals surface area contributed by atoms with Crippen LogP contribution >= 0.6 is 0 Å². The van der Waals surface area contributed by atoms with Crippen LogP contribution in [0.3, 0.4) is 0 Å². The molecule has 3 fully saturated rings. The van der Waals surface area contributed by atoms with Crippen LogP contribution in [-0.4, -0.2) is 126 Å². The van der Waals surface area contributed by atoms with E-state index in [2.05, 4.69) is 72.4 Å². The zero-order chi connectivity index (χ0) is 35.9. The van der Waals surface area contributed by atoms with Crippen molar-refractivity contribution in [3.63, 3.8) is 0 Å². The number of urea groups is 1. The number of para-hydroxylation sites is 1. The molecule has 2 aromatic rings. The molecule has 2 N–H and O–H groups in total. The zero-order valence-corrected chi connectivity index (χ0v) is 31.2. The number of piperazine rings is 1. The Morgan fingerprint density at radius 1 is 0.843 bits per heavy atom. The Morgan fingerprint density at radius 2 is 1.53 bits per heavy atom. The van der Waals surface area contributed by atoms with Gasteiger partial charge in [0.1, 0.15) is 6.04 Å². The van der Waals surface area contributed by atoms with Crippen molar-refractivity contribution in [2.24, 2.45) is 0 Å². The van der Waals surface area contributed by atoms with Crippen molar-refractivity contribution in [2.75, 3.05) is 64.2 Å². The van der Waals surface area contributed by atoms with E-state index < -0.39 is 12.1 Å². The Kier molecular flexibility index (Phi) is 12.5. The predicted octanol–water partition coefficient (Wildman–Crippen LogP) is 4.94. The lowest BCUT2D eigenvalue weighted by molar-refractivity contribution is -0.137. The van der Waals surface area contributed by atoms with Gasteiger partial charge in [-0.05, 0) is 87.1 Å². The molecule has 11 nitrogen and oxygen atoms in total. The maximum absolute atomic E-state index is 14.1. The molecule has 11 heteroatoms. The molecule has 0 aliphatic carbocycles. The Hall–Kier alpha value is -3.67. The number of fused-ring (bicyclic) bond motifs is 1. The summed E-state index contributed by atoms with van der Waals surface area (Å²) in [6, 6.07) is 14.7. The van der Waals surface area contributed by atoms with Gasteiger partial charge < -0.3 is 25.3 Å². The Morgan fingerprint density at radius 3 is 2.22 bits per heavy atom. The first-order chi connectivity index (χ1) is 24.7. The van der Waals surface area contributed by atoms with Crippen LogP contribution in [0.1, 0.15) is 75.6 Å². The van der Waals surface area contributed by atoms with Gasteiger partial charge in [-0.2, -0.15) is 0 Å². The number of hydrogen-bond acceptors (Lipinski definition) is 7. The van der Waals surface area contributed by atoms with Crippen molar-refractivity contribution >= 4 is 23.7 Å². The van der Waals surface area contributed by atoms with E-state index in [1.807, 2.05) is 28.0 Å². The minimum atomic E-state index is -0.721. The van der Waals surface area contributed by atoms with Gasteiger partial charge in [-0.3, -0.25) is 14.6 Å². The molecular weight excluding hydrogens is 642 g/mol. The molecule has 4 amide bonds. The van der Waals surface area contributed by atoms with E-state index in [1.54, 1.807) is 5.06 Å². The first kappa shape index (κ1) is 37.1. The second-order valence-electron chi connectivity index (χ2n) is 15.0. The molecule has 1 atom stereocenters. The van der Waals surface area contributed by atoms with Crippen LogP contribution in [0.4, 0.5) is 15.3 Å². The largest absolute Gasteiger partial charge is 0.426 e. The van der Waals surface area contributed by atoms with E-state index >= 15 is 0 Å². The summed E-state index contributed by atoms with van der Waals surface area (Å²) in [5, 5.41) is 7.72. The quantitative estimate of drug-likeness (QED) is 0.363. The number of hydroxylamine groups is 2. The van der Waals surface area contributed by atoms with Gasteiger partial charge in [0.2, 0.25) is 5.91 Å². The molecule has 0 bridgehead atoms. The molecule has 0 radical (unpaired) electrons. The molecule has 278 valence electrons. The highest BCUT2D eigenvalue weighted by Gasteiger charge is 2.35. The van der Waals surface area contributed by atoms with Crippen LogP contribution < -0.4 is 10.6 Å². The SMILES string of the molecule is CCc1ccc(C[C@@H](NC(=O)ON2CCC(N3CCc4ccccc4NC3=O)CC2)C(=O)N2CCC(N3CCN(C(C)C)CC3)CC2)cc1CC. The number of hydrogen-bond donors (Lipinski definition) is 2. The third-order valence-corrected chi connectivity index (χ3v) is 11.7. The summed E-state index contributed by atoms with van der Waals surface area (Å²) in [7, 11) is 0. The molecule has 6 rings (SSSR count). The topological polar surface area (TPSA) is 101 Å². The van der Waals surface area contributed by atoms with E-state index in [4.69, 9.17) is 4.84 Å². The number of aryl methyl sites for hydroxylation is 2. The summed E-state index contributed by atoms with van der Waals surface area (Å²) in [6.07, 6.45) is 5.80. The fourth-order valence-electron chi connectivity index (χ4n) is 8.48. The fourth-order valence-corrected chi connectivity index (χ4v) is 8.48. The normalized spacial score (nSPS) is 20.8. The molecule has 4 heterocycles. The molecule has 0 unspecified atom stereocenters. The number of carbonyl (C=O) groups is 3. The molecule has 4 aliphatic rings. The van der Waals surface area contributed by atoms with E-state index in [9.17, 15) is 14.4 Å². The monoisotopic (exact) mass is 701 g/mol. The van der Waals surface area contributed by atoms with E-state index in [-0.39, 0.29) is 18.0 Å². The highest BCUT2D eigenvalue weighted by atomic mass is 16.7. The number of rotatable bonds is 10. The number of anilines is 1. The highest BCUT2D eigenvalue weighted by Crippen LogP contribution is 2.25. The standard InChI is InChI=1S/C40H59N7O4/c1-5-31-12-11-30(27-32(31)6-2)28-37(38(48)45-18-14-34(15-19-45)44-25-23-43(24-26-44)29(3)4)42-40(50)51-46-20-16-35(17-21-46)47-22-13-33-9-7-8-10-36(33)41-39(47)49/h7-12,27,29,34-35,37H,5-6,13-26,28H2,1-4H3,(H,41,49)(H,42,50)/t37-/m1/s1. The third-order valence-electron chi connectivity index (χ3n) is 11.7. The summed E-state index contributed by atoms with van der Waals surface area (Å²) >= 11 is 0. The van der Waals surface area contributed by atoms with Crippen LogP contribution in [0.5, 0.6) is 0 Å². The van der Waals surface area contributed by atoms with Crippen LogP contribution in [0, 0.1) is 0 Å². The number of piperidine rings is 2. The fraction of sp³-hybridized carbons (Fsp3) is 0.625. The van der Waals surface area contributed by atoms with E-state index in [1.165, 1.54) is 11.1 Å². The van der Waals surface area contributed by atoms with E-state index in [0.29, 0.717) is 64.1 Å². The van der Waals surface area contributed by atoms with Crippen LogP contribution in [0.15, 0.2) is 42.5 Å². The lowest BCUT2D eigenvalue weighted by Gasteiger charge is -2.44. The molecular formula is C40H59N7O4. The van der Waals surface area contributed by atoms with E-state index in [0.717, 1.165) is 75.1 Å². The van der Waals surface area contributed by atoms with Gasteiger partial charge in [-0.25, -0.2) is 9.59 Å². The van der Waals surface area contributed by atoms with Crippen molar-refractivity contribution in [1.29, 1.82) is 0 Å². The van der Waals surface area contributed by atoms with Crippen LogP contribution in [0.25, 0.3) is 0 Å². The van der Waals surface area contributed by atoms with Crippen molar-refractivity contribution in [3.8, 4) is 0 Å². The minimum Gasteiger partial charge on any atom is -0.351 e. The molecule has 51 heavy (non-hydrogen) atoms. The van der Waals surface area contributed by atoms with Crippen molar-refractivity contribution in [3.05, 3.63) is 64.7 Å². The highest BCUT2D eigenvalue weighted by molar-refractivity contribution is 5.91. The molecule has 0 aromatic heterocycles. The summed E-state index contributed by atoms with van der Waals surface area (Å²) in [4.78, 5) is 55.5. The number of amides is 4. The molecule has 2 aromatic carbocycles. The van der Waals surface area contributed by atoms with Crippen molar-refractivity contribution in [1.82, 2.24) is 30.0 Å². The Balaban J connectivity index is 1.04. The lowest BCUT2D eigenvalue weighted by Crippen LogP contribution is -2.57. The van der Waals surface area contributed by atoms with Gasteiger partial charge >= 0.3 is 12.1 Å². The average Bonchev–Trinajstić information content (AvgIpc) is 3.32. The van der Waals surface area contributed by atoms with Gasteiger partial charge in [0.15, 0.2) is 0 Å². The first-order valence-corrected chi connectivity index (χ1v) is 19.5. The number of nitrogens with one attached hydrogen (secondary N) is 2. The van der Waals surface area contributed by atoms with Crippen molar-refractivity contribution in [2.45, 2.75) is 103 Å².